The van der Waals surface area contributed by atoms with Crippen molar-refractivity contribution in [3.8, 4) is 11.8 Å². The monoisotopic (exact) mass is 285 g/mol. The van der Waals surface area contributed by atoms with E-state index in [0.717, 1.165) is 6.07 Å². The van der Waals surface area contributed by atoms with E-state index in [1.807, 2.05) is 0 Å². The molecule has 2 rings (SSSR count). The number of carbonyl (C=O) groups excluding carboxylic acids is 1. The molecule has 5 nitrogen and oxygen atoms in total. The zero-order valence-electron chi connectivity index (χ0n) is 11.2. The molecule has 0 bridgehead atoms. The van der Waals surface area contributed by atoms with Crippen molar-refractivity contribution < 1.29 is 13.9 Å². The van der Waals surface area contributed by atoms with Gasteiger partial charge in [-0.15, -0.1) is 0 Å². The predicted molar refractivity (Wildman–Crippen MR) is 76.5 cm³/mol. The Morgan fingerprint density at radius 1 is 1.33 bits per heavy atom. The Morgan fingerprint density at radius 3 is 2.76 bits per heavy atom. The highest BCUT2D eigenvalue weighted by Crippen LogP contribution is 2.23. The van der Waals surface area contributed by atoms with E-state index >= 15 is 0 Å². The Bertz CT molecular complexity index is 738. The molecule has 2 aromatic carbocycles. The number of nitrogens with zero attached hydrogens (tertiary/aromatic N) is 1. The van der Waals surface area contributed by atoms with Gasteiger partial charge in [0.15, 0.2) is 0 Å². The Kier molecular flexibility index (Phi) is 4.05. The molecule has 0 spiro atoms. The number of benzene rings is 2. The smallest absolute Gasteiger partial charge is 0.259 e. The molecule has 0 aliphatic carbocycles. The van der Waals surface area contributed by atoms with E-state index in [0.29, 0.717) is 17.1 Å². The molecule has 1 amide bonds. The van der Waals surface area contributed by atoms with Crippen LogP contribution < -0.4 is 15.8 Å². The van der Waals surface area contributed by atoms with Crippen molar-refractivity contribution in [2.24, 2.45) is 0 Å². The van der Waals surface area contributed by atoms with E-state index in [2.05, 4.69) is 5.32 Å². The highest BCUT2D eigenvalue weighted by molar-refractivity contribution is 6.06. The maximum absolute atomic E-state index is 13.2. The molecule has 0 radical (unpaired) electrons. The van der Waals surface area contributed by atoms with Crippen molar-refractivity contribution in [2.75, 3.05) is 18.2 Å². The third kappa shape index (κ3) is 3.09. The molecule has 0 aromatic heterocycles. The molecule has 21 heavy (non-hydrogen) atoms. The average molecular weight is 285 g/mol. The van der Waals surface area contributed by atoms with Gasteiger partial charge in [0.25, 0.3) is 5.91 Å². The lowest BCUT2D eigenvalue weighted by atomic mass is 10.1. The van der Waals surface area contributed by atoms with Gasteiger partial charge in [-0.2, -0.15) is 5.26 Å². The van der Waals surface area contributed by atoms with Crippen LogP contribution >= 0.6 is 0 Å². The second-order valence-electron chi connectivity index (χ2n) is 4.22. The van der Waals surface area contributed by atoms with E-state index in [9.17, 15) is 9.18 Å². The van der Waals surface area contributed by atoms with Crippen LogP contribution in [-0.2, 0) is 0 Å². The molecule has 0 heterocycles. The van der Waals surface area contributed by atoms with Crippen molar-refractivity contribution in [3.05, 3.63) is 53.3 Å². The second-order valence-corrected chi connectivity index (χ2v) is 4.22. The Morgan fingerprint density at radius 2 is 2.10 bits per heavy atom. The molecule has 0 saturated heterocycles. The minimum Gasteiger partial charge on any atom is -0.496 e. The number of hydrogen-bond acceptors (Lipinski definition) is 4. The summed E-state index contributed by atoms with van der Waals surface area (Å²) in [6, 6.07) is 10.1. The summed E-state index contributed by atoms with van der Waals surface area (Å²) in [6.45, 7) is 0. The van der Waals surface area contributed by atoms with Gasteiger partial charge < -0.3 is 15.8 Å². The molecule has 0 aliphatic rings. The van der Waals surface area contributed by atoms with Crippen LogP contribution in [0.5, 0.6) is 5.75 Å². The molecular weight excluding hydrogens is 273 g/mol. The Balaban J connectivity index is 2.30. The summed E-state index contributed by atoms with van der Waals surface area (Å²) in [7, 11) is 1.44. The maximum Gasteiger partial charge on any atom is 0.259 e. The summed E-state index contributed by atoms with van der Waals surface area (Å²) < 4.78 is 18.3. The summed E-state index contributed by atoms with van der Waals surface area (Å²) in [6.07, 6.45) is 0. The fourth-order valence-electron chi connectivity index (χ4n) is 1.79. The lowest BCUT2D eigenvalue weighted by Gasteiger charge is -2.10. The van der Waals surface area contributed by atoms with Crippen molar-refractivity contribution in [1.82, 2.24) is 0 Å². The third-order valence-corrected chi connectivity index (χ3v) is 2.81. The van der Waals surface area contributed by atoms with Crippen LogP contribution in [0.15, 0.2) is 36.4 Å². The van der Waals surface area contributed by atoms with E-state index < -0.39 is 11.7 Å². The zero-order chi connectivity index (χ0) is 15.4. The summed E-state index contributed by atoms with van der Waals surface area (Å²) in [4.78, 5) is 12.2. The van der Waals surface area contributed by atoms with Crippen molar-refractivity contribution in [1.29, 1.82) is 5.26 Å². The van der Waals surface area contributed by atoms with Crippen molar-refractivity contribution in [3.63, 3.8) is 0 Å². The number of carbonyl (C=O) groups is 1. The topological polar surface area (TPSA) is 88.1 Å². The number of methoxy groups -OCH3 is 1. The van der Waals surface area contributed by atoms with Gasteiger partial charge in [0.05, 0.1) is 18.2 Å². The average Bonchev–Trinajstić information content (AvgIpc) is 2.49. The molecule has 0 atom stereocenters. The fraction of sp³-hybridized carbons (Fsp3) is 0.0667. The number of amides is 1. The predicted octanol–water partition coefficient (Wildman–Crippen LogP) is 2.54. The molecule has 3 N–H and O–H groups in total. The molecule has 0 saturated carbocycles. The molecule has 0 aliphatic heterocycles. The van der Waals surface area contributed by atoms with Crippen LogP contribution in [0, 0.1) is 17.1 Å². The van der Waals surface area contributed by atoms with Crippen LogP contribution in [0.3, 0.4) is 0 Å². The van der Waals surface area contributed by atoms with Crippen LogP contribution in [0.1, 0.15) is 15.9 Å². The largest absolute Gasteiger partial charge is 0.496 e. The van der Waals surface area contributed by atoms with E-state index in [1.165, 1.54) is 25.3 Å². The van der Waals surface area contributed by atoms with Gasteiger partial charge >= 0.3 is 0 Å². The molecule has 0 fully saturated rings. The fourth-order valence-corrected chi connectivity index (χ4v) is 1.79. The lowest BCUT2D eigenvalue weighted by molar-refractivity contribution is 0.102. The normalized spacial score (nSPS) is 9.76. The molecule has 0 unspecified atom stereocenters. The van der Waals surface area contributed by atoms with Crippen LogP contribution in [-0.4, -0.2) is 13.0 Å². The van der Waals surface area contributed by atoms with Gasteiger partial charge in [0.2, 0.25) is 0 Å². The van der Waals surface area contributed by atoms with Gasteiger partial charge in [0.1, 0.15) is 17.6 Å². The lowest BCUT2D eigenvalue weighted by Crippen LogP contribution is -2.13. The minimum absolute atomic E-state index is 0.146. The first-order chi connectivity index (χ1) is 10.0. The number of nitrogens with one attached hydrogen (secondary N) is 1. The Labute approximate surface area is 120 Å². The molecular formula is C15H12FN3O2. The number of ether oxygens (including phenoxy) is 1. The molecule has 6 heteroatoms. The van der Waals surface area contributed by atoms with E-state index in [1.54, 1.807) is 18.2 Å². The SMILES string of the molecule is COc1ccc(N)cc1C(=O)Nc1ccc(F)c(C#N)c1. The van der Waals surface area contributed by atoms with Gasteiger partial charge in [-0.1, -0.05) is 0 Å². The van der Waals surface area contributed by atoms with Crippen LogP contribution in [0.2, 0.25) is 0 Å². The Hall–Kier alpha value is -3.07. The van der Waals surface area contributed by atoms with Gasteiger partial charge in [-0.05, 0) is 36.4 Å². The summed E-state index contributed by atoms with van der Waals surface area (Å²) >= 11 is 0. The zero-order valence-corrected chi connectivity index (χ0v) is 11.2. The summed E-state index contributed by atoms with van der Waals surface area (Å²) in [5, 5.41) is 11.3. The summed E-state index contributed by atoms with van der Waals surface area (Å²) in [5.74, 6) is -0.740. The van der Waals surface area contributed by atoms with Gasteiger partial charge in [0, 0.05) is 11.4 Å². The van der Waals surface area contributed by atoms with E-state index in [-0.39, 0.29) is 11.1 Å². The quantitative estimate of drug-likeness (QED) is 0.848. The second kappa shape index (κ2) is 5.92. The first-order valence-corrected chi connectivity index (χ1v) is 5.99. The minimum atomic E-state index is -0.642. The standard InChI is InChI=1S/C15H12FN3O2/c1-21-14-5-2-10(18)7-12(14)15(20)19-11-3-4-13(16)9(6-11)8-17/h2-7H,18H2,1H3,(H,19,20). The number of hydrogen-bond donors (Lipinski definition) is 2. The number of halogens is 1. The highest BCUT2D eigenvalue weighted by atomic mass is 19.1. The first kappa shape index (κ1) is 14.3. The van der Waals surface area contributed by atoms with Crippen molar-refractivity contribution >= 4 is 17.3 Å². The van der Waals surface area contributed by atoms with E-state index in [4.69, 9.17) is 15.7 Å². The number of rotatable bonds is 3. The van der Waals surface area contributed by atoms with Crippen LogP contribution in [0.4, 0.5) is 15.8 Å². The number of nitriles is 1. The van der Waals surface area contributed by atoms with Gasteiger partial charge in [-0.3, -0.25) is 4.79 Å². The van der Waals surface area contributed by atoms with Crippen molar-refractivity contribution in [2.45, 2.75) is 0 Å². The molecule has 2 aromatic rings. The van der Waals surface area contributed by atoms with Crippen LogP contribution in [0.25, 0.3) is 0 Å². The maximum atomic E-state index is 13.2. The highest BCUT2D eigenvalue weighted by Gasteiger charge is 2.13. The first-order valence-electron chi connectivity index (χ1n) is 5.99. The number of nitrogen functional groups attached to an aromatic ring is 1. The summed E-state index contributed by atoms with van der Waals surface area (Å²) in [5.41, 5.74) is 6.48. The molecule has 106 valence electrons. The number of anilines is 2. The number of nitrogens with two attached hydrogens (primary N) is 1. The van der Waals surface area contributed by atoms with Gasteiger partial charge in [-0.25, -0.2) is 4.39 Å². The third-order valence-electron chi connectivity index (χ3n) is 2.81.